The molecule has 1 heterocycles. The van der Waals surface area contributed by atoms with E-state index in [1.54, 1.807) is 12.1 Å². The Hall–Kier alpha value is -0.970. The zero-order valence-corrected chi connectivity index (χ0v) is 12.3. The molecule has 0 unspecified atom stereocenters. The van der Waals surface area contributed by atoms with Crippen molar-refractivity contribution < 1.29 is 14.2 Å². The van der Waals surface area contributed by atoms with Crippen molar-refractivity contribution in [1.29, 1.82) is 0 Å². The summed E-state index contributed by atoms with van der Waals surface area (Å²) in [5.41, 5.74) is -0.0349. The first-order chi connectivity index (χ1) is 9.44. The molecule has 3 nitrogen and oxygen atoms in total. The molecule has 20 heavy (non-hydrogen) atoms. The van der Waals surface area contributed by atoms with Gasteiger partial charge >= 0.3 is 0 Å². The van der Waals surface area contributed by atoms with E-state index in [0.717, 1.165) is 25.9 Å². The average molecular weight is 281 g/mol. The Balaban J connectivity index is 1.74. The van der Waals surface area contributed by atoms with Crippen molar-refractivity contribution in [3.8, 4) is 0 Å². The molecule has 0 saturated carbocycles. The van der Waals surface area contributed by atoms with Gasteiger partial charge in [-0.15, -0.1) is 0 Å². The van der Waals surface area contributed by atoms with Gasteiger partial charge in [-0.2, -0.15) is 0 Å². The number of rotatable bonds is 5. The predicted octanol–water partition coefficient (Wildman–Crippen LogP) is 2.58. The molecule has 0 radical (unpaired) electrons. The van der Waals surface area contributed by atoms with E-state index in [0.29, 0.717) is 18.7 Å². The standard InChI is InChI=1S/C16H24FNO2/c1-16(2,19)12-18-9-7-14(8-10-18)20-11-13-5-3-4-6-15(13)17/h3-6,14,19H,7-12H2,1-2H3. The smallest absolute Gasteiger partial charge is 0.128 e. The van der Waals surface area contributed by atoms with E-state index >= 15 is 0 Å². The first-order valence-corrected chi connectivity index (χ1v) is 7.24. The van der Waals surface area contributed by atoms with Crippen LogP contribution in [0.25, 0.3) is 0 Å². The Morgan fingerprint density at radius 3 is 2.55 bits per heavy atom. The number of benzene rings is 1. The summed E-state index contributed by atoms with van der Waals surface area (Å²) in [6, 6.07) is 6.74. The zero-order chi connectivity index (χ0) is 14.6. The number of nitrogens with zero attached hydrogens (tertiary/aromatic N) is 1. The van der Waals surface area contributed by atoms with Gasteiger partial charge < -0.3 is 14.7 Å². The summed E-state index contributed by atoms with van der Waals surface area (Å²) in [5.74, 6) is -0.202. The Bertz CT molecular complexity index is 423. The molecule has 112 valence electrons. The minimum atomic E-state index is -0.652. The summed E-state index contributed by atoms with van der Waals surface area (Å²) >= 11 is 0. The molecule has 0 aliphatic carbocycles. The number of aliphatic hydroxyl groups is 1. The van der Waals surface area contributed by atoms with Crippen LogP contribution < -0.4 is 0 Å². The maximum absolute atomic E-state index is 13.5. The van der Waals surface area contributed by atoms with Crippen LogP contribution in [0.2, 0.25) is 0 Å². The quantitative estimate of drug-likeness (QED) is 0.900. The number of piperidine rings is 1. The van der Waals surface area contributed by atoms with Crippen molar-refractivity contribution in [1.82, 2.24) is 4.90 Å². The molecule has 1 aliphatic rings. The molecule has 1 fully saturated rings. The van der Waals surface area contributed by atoms with Crippen LogP contribution in [0.5, 0.6) is 0 Å². The maximum Gasteiger partial charge on any atom is 0.128 e. The Kier molecular flexibility index (Phi) is 5.13. The van der Waals surface area contributed by atoms with E-state index < -0.39 is 5.60 Å². The van der Waals surface area contributed by atoms with Gasteiger partial charge in [-0.3, -0.25) is 0 Å². The molecular weight excluding hydrogens is 257 g/mol. The van der Waals surface area contributed by atoms with Crippen LogP contribution in [-0.2, 0) is 11.3 Å². The topological polar surface area (TPSA) is 32.7 Å². The minimum absolute atomic E-state index is 0.188. The van der Waals surface area contributed by atoms with E-state index in [-0.39, 0.29) is 11.9 Å². The van der Waals surface area contributed by atoms with Gasteiger partial charge in [0.25, 0.3) is 0 Å². The van der Waals surface area contributed by atoms with Gasteiger partial charge in [-0.05, 0) is 32.8 Å². The van der Waals surface area contributed by atoms with Gasteiger partial charge in [0.15, 0.2) is 0 Å². The zero-order valence-electron chi connectivity index (χ0n) is 12.3. The fraction of sp³-hybridized carbons (Fsp3) is 0.625. The minimum Gasteiger partial charge on any atom is -0.389 e. The van der Waals surface area contributed by atoms with Gasteiger partial charge in [0.2, 0.25) is 0 Å². The predicted molar refractivity (Wildman–Crippen MR) is 76.9 cm³/mol. The van der Waals surface area contributed by atoms with Crippen LogP contribution >= 0.6 is 0 Å². The average Bonchev–Trinajstić information content (AvgIpc) is 2.38. The van der Waals surface area contributed by atoms with Crippen molar-refractivity contribution in [2.75, 3.05) is 19.6 Å². The molecule has 0 amide bonds. The second-order valence-electron chi connectivity index (χ2n) is 6.19. The van der Waals surface area contributed by atoms with Crippen molar-refractivity contribution in [2.24, 2.45) is 0 Å². The monoisotopic (exact) mass is 281 g/mol. The van der Waals surface area contributed by atoms with Crippen molar-refractivity contribution >= 4 is 0 Å². The maximum atomic E-state index is 13.5. The van der Waals surface area contributed by atoms with Crippen molar-refractivity contribution in [2.45, 2.75) is 45.0 Å². The number of hydrogen-bond donors (Lipinski definition) is 1. The van der Waals surface area contributed by atoms with Gasteiger partial charge in [0.1, 0.15) is 5.82 Å². The SMILES string of the molecule is CC(C)(O)CN1CCC(OCc2ccccc2F)CC1. The summed E-state index contributed by atoms with van der Waals surface area (Å²) in [4.78, 5) is 2.25. The third kappa shape index (κ3) is 4.85. The summed E-state index contributed by atoms with van der Waals surface area (Å²) in [6.45, 7) is 6.52. The van der Waals surface area contributed by atoms with Crippen LogP contribution in [0.1, 0.15) is 32.3 Å². The lowest BCUT2D eigenvalue weighted by atomic mass is 10.0. The van der Waals surface area contributed by atoms with E-state index in [1.165, 1.54) is 6.07 Å². The van der Waals surface area contributed by atoms with E-state index in [1.807, 2.05) is 19.9 Å². The highest BCUT2D eigenvalue weighted by atomic mass is 19.1. The van der Waals surface area contributed by atoms with Gasteiger partial charge in [-0.25, -0.2) is 4.39 Å². The van der Waals surface area contributed by atoms with Crippen LogP contribution in [-0.4, -0.2) is 41.3 Å². The molecule has 1 aliphatic heterocycles. The molecule has 0 bridgehead atoms. The largest absolute Gasteiger partial charge is 0.389 e. The highest BCUT2D eigenvalue weighted by Gasteiger charge is 2.24. The van der Waals surface area contributed by atoms with Crippen LogP contribution in [0.15, 0.2) is 24.3 Å². The lowest BCUT2D eigenvalue weighted by Crippen LogP contribution is -2.44. The number of β-amino-alcohol motifs (C(OH)–C–C–N with tert-alkyl or cyclic N) is 1. The van der Waals surface area contributed by atoms with Crippen LogP contribution in [0, 0.1) is 5.82 Å². The van der Waals surface area contributed by atoms with Crippen molar-refractivity contribution in [3.05, 3.63) is 35.6 Å². The van der Waals surface area contributed by atoms with Crippen molar-refractivity contribution in [3.63, 3.8) is 0 Å². The van der Waals surface area contributed by atoms with E-state index in [9.17, 15) is 9.50 Å². The summed E-state index contributed by atoms with van der Waals surface area (Å²) in [6.07, 6.45) is 2.06. The lowest BCUT2D eigenvalue weighted by Gasteiger charge is -2.35. The molecule has 1 saturated heterocycles. The Morgan fingerprint density at radius 2 is 1.95 bits per heavy atom. The van der Waals surface area contributed by atoms with Gasteiger partial charge in [0.05, 0.1) is 18.3 Å². The third-order valence-electron chi connectivity index (χ3n) is 3.58. The van der Waals surface area contributed by atoms with E-state index in [4.69, 9.17) is 4.74 Å². The molecule has 2 rings (SSSR count). The number of ether oxygens (including phenoxy) is 1. The molecule has 1 aromatic carbocycles. The highest BCUT2D eigenvalue weighted by molar-refractivity contribution is 5.16. The molecule has 0 atom stereocenters. The first-order valence-electron chi connectivity index (χ1n) is 7.24. The fourth-order valence-corrected chi connectivity index (χ4v) is 2.60. The Morgan fingerprint density at radius 1 is 1.30 bits per heavy atom. The van der Waals surface area contributed by atoms with Gasteiger partial charge in [0, 0.05) is 25.2 Å². The fourth-order valence-electron chi connectivity index (χ4n) is 2.60. The summed E-state index contributed by atoms with van der Waals surface area (Å²) in [5, 5.41) is 9.80. The van der Waals surface area contributed by atoms with E-state index in [2.05, 4.69) is 4.90 Å². The van der Waals surface area contributed by atoms with Crippen LogP contribution in [0.3, 0.4) is 0 Å². The molecule has 1 aromatic rings. The van der Waals surface area contributed by atoms with Crippen LogP contribution in [0.4, 0.5) is 4.39 Å². The second kappa shape index (κ2) is 6.66. The molecule has 0 aromatic heterocycles. The summed E-state index contributed by atoms with van der Waals surface area (Å²) in [7, 11) is 0. The second-order valence-corrected chi connectivity index (χ2v) is 6.19. The summed E-state index contributed by atoms with van der Waals surface area (Å²) < 4.78 is 19.3. The molecule has 4 heteroatoms. The number of likely N-dealkylation sites (tertiary alicyclic amines) is 1. The highest BCUT2D eigenvalue weighted by Crippen LogP contribution is 2.18. The Labute approximate surface area is 120 Å². The number of hydrogen-bond acceptors (Lipinski definition) is 3. The lowest BCUT2D eigenvalue weighted by molar-refractivity contribution is -0.0249. The van der Waals surface area contributed by atoms with Gasteiger partial charge in [-0.1, -0.05) is 18.2 Å². The molecular formula is C16H24FNO2. The molecule has 1 N–H and O–H groups in total. The normalized spacial score (nSPS) is 18.4. The number of halogens is 1. The first kappa shape index (κ1) is 15.4. The third-order valence-corrected chi connectivity index (χ3v) is 3.58. The molecule has 0 spiro atoms.